The molecule has 1 aliphatic carbocycles. The highest BCUT2D eigenvalue weighted by Crippen LogP contribution is 2.28. The predicted octanol–water partition coefficient (Wildman–Crippen LogP) is 2.51. The van der Waals surface area contributed by atoms with E-state index in [2.05, 4.69) is 5.32 Å². The second-order valence-electron chi connectivity index (χ2n) is 6.22. The molecule has 1 N–H and O–H groups in total. The van der Waals surface area contributed by atoms with Gasteiger partial charge in [0.1, 0.15) is 11.6 Å². The Labute approximate surface area is 151 Å². The quantitative estimate of drug-likeness (QED) is 0.791. The van der Waals surface area contributed by atoms with Crippen molar-refractivity contribution in [3.8, 4) is 5.75 Å². The minimum Gasteiger partial charge on any atom is -0.484 e. The molecule has 0 atom stereocenters. The van der Waals surface area contributed by atoms with Crippen LogP contribution >= 0.6 is 0 Å². The van der Waals surface area contributed by atoms with E-state index in [1.54, 1.807) is 35.2 Å². The summed E-state index contributed by atoms with van der Waals surface area (Å²) in [5, 5.41) is 2.57. The van der Waals surface area contributed by atoms with Gasteiger partial charge in [0.25, 0.3) is 5.91 Å². The van der Waals surface area contributed by atoms with Gasteiger partial charge in [0.2, 0.25) is 5.91 Å². The number of ether oxygens (including phenoxy) is 1. The third-order valence-corrected chi connectivity index (χ3v) is 4.16. The van der Waals surface area contributed by atoms with Crippen molar-refractivity contribution < 1.29 is 18.7 Å². The summed E-state index contributed by atoms with van der Waals surface area (Å²) in [6, 6.07) is 15.5. The molecular weight excluding hydrogens is 335 g/mol. The standard InChI is InChI=1S/C20H21FN2O3/c21-18-9-5-4-6-15(18)13-23(16-10-11-16)20(25)12-22-19(24)14-26-17-7-2-1-3-8-17/h1-9,16H,10-14H2,(H,22,24). The highest BCUT2D eigenvalue weighted by atomic mass is 19.1. The van der Waals surface area contributed by atoms with Crippen LogP contribution in [-0.4, -0.2) is 35.9 Å². The number of carbonyl (C=O) groups is 2. The molecule has 1 saturated carbocycles. The number of rotatable bonds is 8. The average molecular weight is 356 g/mol. The van der Waals surface area contributed by atoms with Crippen LogP contribution in [0.3, 0.4) is 0 Å². The number of amides is 2. The summed E-state index contributed by atoms with van der Waals surface area (Å²) in [5.41, 5.74) is 0.478. The maximum Gasteiger partial charge on any atom is 0.258 e. The fourth-order valence-corrected chi connectivity index (χ4v) is 2.61. The molecule has 136 valence electrons. The van der Waals surface area contributed by atoms with Crippen LogP contribution in [0.5, 0.6) is 5.75 Å². The van der Waals surface area contributed by atoms with Gasteiger partial charge >= 0.3 is 0 Å². The Bertz CT molecular complexity index is 763. The Hall–Kier alpha value is -2.89. The van der Waals surface area contributed by atoms with E-state index < -0.39 is 0 Å². The normalized spacial score (nSPS) is 13.1. The summed E-state index contributed by atoms with van der Waals surface area (Å²) in [4.78, 5) is 26.0. The number of nitrogens with one attached hydrogen (secondary N) is 1. The van der Waals surface area contributed by atoms with Crippen molar-refractivity contribution in [2.24, 2.45) is 0 Å². The number of para-hydroxylation sites is 1. The Morgan fingerprint density at radius 2 is 1.77 bits per heavy atom. The molecule has 5 nitrogen and oxygen atoms in total. The van der Waals surface area contributed by atoms with E-state index in [0.29, 0.717) is 11.3 Å². The number of halogens is 1. The van der Waals surface area contributed by atoms with Crippen LogP contribution in [0.2, 0.25) is 0 Å². The molecule has 0 bridgehead atoms. The van der Waals surface area contributed by atoms with Gasteiger partial charge in [0.15, 0.2) is 6.61 Å². The van der Waals surface area contributed by atoms with Gasteiger partial charge in [-0.05, 0) is 31.0 Å². The van der Waals surface area contributed by atoms with Crippen molar-refractivity contribution in [2.45, 2.75) is 25.4 Å². The van der Waals surface area contributed by atoms with E-state index in [1.165, 1.54) is 6.07 Å². The molecule has 2 aromatic rings. The van der Waals surface area contributed by atoms with Crippen molar-refractivity contribution >= 4 is 11.8 Å². The highest BCUT2D eigenvalue weighted by molar-refractivity contribution is 5.85. The van der Waals surface area contributed by atoms with Gasteiger partial charge in [-0.25, -0.2) is 4.39 Å². The fraction of sp³-hybridized carbons (Fsp3) is 0.300. The highest BCUT2D eigenvalue weighted by Gasteiger charge is 2.32. The lowest BCUT2D eigenvalue weighted by atomic mass is 10.2. The lowest BCUT2D eigenvalue weighted by molar-refractivity contribution is -0.134. The number of benzene rings is 2. The van der Waals surface area contributed by atoms with E-state index in [4.69, 9.17) is 4.74 Å². The first-order chi connectivity index (χ1) is 12.6. The third kappa shape index (κ3) is 5.05. The summed E-state index contributed by atoms with van der Waals surface area (Å²) < 4.78 is 19.2. The number of hydrogen-bond acceptors (Lipinski definition) is 3. The Morgan fingerprint density at radius 3 is 2.46 bits per heavy atom. The predicted molar refractivity (Wildman–Crippen MR) is 94.9 cm³/mol. The van der Waals surface area contributed by atoms with Gasteiger partial charge in [-0.15, -0.1) is 0 Å². The van der Waals surface area contributed by atoms with Crippen molar-refractivity contribution in [3.63, 3.8) is 0 Å². The monoisotopic (exact) mass is 356 g/mol. The van der Waals surface area contributed by atoms with Crippen molar-refractivity contribution in [3.05, 3.63) is 66.0 Å². The zero-order valence-electron chi connectivity index (χ0n) is 14.4. The van der Waals surface area contributed by atoms with E-state index >= 15 is 0 Å². The van der Waals surface area contributed by atoms with Crippen LogP contribution in [0.25, 0.3) is 0 Å². The summed E-state index contributed by atoms with van der Waals surface area (Å²) in [6.07, 6.45) is 1.82. The summed E-state index contributed by atoms with van der Waals surface area (Å²) in [6.45, 7) is -0.0669. The Kier molecular flexibility index (Phi) is 5.84. The van der Waals surface area contributed by atoms with Gasteiger partial charge in [-0.3, -0.25) is 9.59 Å². The lowest BCUT2D eigenvalue weighted by Gasteiger charge is -2.23. The van der Waals surface area contributed by atoms with Crippen LogP contribution in [0.4, 0.5) is 4.39 Å². The SMILES string of the molecule is O=C(COc1ccccc1)NCC(=O)N(Cc1ccccc1F)C1CC1. The Morgan fingerprint density at radius 1 is 1.08 bits per heavy atom. The molecule has 0 unspecified atom stereocenters. The van der Waals surface area contributed by atoms with Crippen molar-refractivity contribution in [2.75, 3.05) is 13.2 Å². The third-order valence-electron chi connectivity index (χ3n) is 4.16. The van der Waals surface area contributed by atoms with E-state index in [9.17, 15) is 14.0 Å². The number of carbonyl (C=O) groups excluding carboxylic acids is 2. The summed E-state index contributed by atoms with van der Waals surface area (Å²) >= 11 is 0. The molecular formula is C20H21FN2O3. The molecule has 0 saturated heterocycles. The summed E-state index contributed by atoms with van der Waals surface area (Å²) in [5.74, 6) is -0.327. The topological polar surface area (TPSA) is 58.6 Å². The van der Waals surface area contributed by atoms with Crippen LogP contribution in [-0.2, 0) is 16.1 Å². The molecule has 0 aromatic heterocycles. The van der Waals surface area contributed by atoms with Gasteiger partial charge in [0, 0.05) is 18.2 Å². The molecule has 6 heteroatoms. The molecule has 0 radical (unpaired) electrons. The Balaban J connectivity index is 1.49. The van der Waals surface area contributed by atoms with Crippen LogP contribution in [0.15, 0.2) is 54.6 Å². The van der Waals surface area contributed by atoms with Gasteiger partial charge < -0.3 is 15.0 Å². The molecule has 2 aromatic carbocycles. The molecule has 26 heavy (non-hydrogen) atoms. The first-order valence-electron chi connectivity index (χ1n) is 8.61. The smallest absolute Gasteiger partial charge is 0.258 e. The zero-order chi connectivity index (χ0) is 18.4. The molecule has 2 amide bonds. The van der Waals surface area contributed by atoms with E-state index in [1.807, 2.05) is 18.2 Å². The first-order valence-corrected chi connectivity index (χ1v) is 8.61. The zero-order valence-corrected chi connectivity index (χ0v) is 14.4. The molecule has 0 heterocycles. The summed E-state index contributed by atoms with van der Waals surface area (Å²) in [7, 11) is 0. The molecule has 0 spiro atoms. The van der Waals surface area contributed by atoms with Gasteiger partial charge in [-0.2, -0.15) is 0 Å². The van der Waals surface area contributed by atoms with E-state index in [0.717, 1.165) is 12.8 Å². The molecule has 1 aliphatic rings. The van der Waals surface area contributed by atoms with Gasteiger partial charge in [0.05, 0.1) is 6.54 Å². The fourth-order valence-electron chi connectivity index (χ4n) is 2.61. The second kappa shape index (κ2) is 8.47. The van der Waals surface area contributed by atoms with Crippen LogP contribution in [0.1, 0.15) is 18.4 Å². The molecule has 1 fully saturated rings. The number of nitrogens with zero attached hydrogens (tertiary/aromatic N) is 1. The number of hydrogen-bond donors (Lipinski definition) is 1. The van der Waals surface area contributed by atoms with E-state index in [-0.39, 0.29) is 43.4 Å². The minimum absolute atomic E-state index is 0.123. The first kappa shape index (κ1) is 17.9. The second-order valence-corrected chi connectivity index (χ2v) is 6.22. The van der Waals surface area contributed by atoms with Gasteiger partial charge in [-0.1, -0.05) is 36.4 Å². The largest absolute Gasteiger partial charge is 0.484 e. The van der Waals surface area contributed by atoms with Crippen LogP contribution in [0, 0.1) is 5.82 Å². The minimum atomic E-state index is -0.371. The van der Waals surface area contributed by atoms with Crippen molar-refractivity contribution in [1.29, 1.82) is 0 Å². The average Bonchev–Trinajstić information content (AvgIpc) is 3.49. The van der Waals surface area contributed by atoms with Crippen LogP contribution < -0.4 is 10.1 Å². The maximum atomic E-state index is 13.8. The van der Waals surface area contributed by atoms with Crippen molar-refractivity contribution in [1.82, 2.24) is 10.2 Å². The maximum absolute atomic E-state index is 13.8. The molecule has 0 aliphatic heterocycles. The molecule has 3 rings (SSSR count). The lowest BCUT2D eigenvalue weighted by Crippen LogP contribution is -2.42.